The van der Waals surface area contributed by atoms with Gasteiger partial charge in [-0.25, -0.2) is 0 Å². The lowest BCUT2D eigenvalue weighted by atomic mass is 10.2. The Kier molecular flexibility index (Phi) is 8.65. The molecule has 0 spiro atoms. The molecule has 0 aliphatic rings. The number of hydrogen-bond donors (Lipinski definition) is 3. The smallest absolute Gasteiger partial charge is 0.282 e. The minimum absolute atomic E-state index is 0.0666. The first-order valence-corrected chi connectivity index (χ1v) is 8.99. The van der Waals surface area contributed by atoms with Crippen molar-refractivity contribution in [1.82, 2.24) is 0 Å². The Labute approximate surface area is 135 Å². The van der Waals surface area contributed by atoms with E-state index >= 15 is 0 Å². The highest BCUT2D eigenvalue weighted by atomic mass is 32.3. The summed E-state index contributed by atoms with van der Waals surface area (Å²) in [7, 11) is -8.69. The second kappa shape index (κ2) is 9.38. The quantitative estimate of drug-likeness (QED) is 0.665. The second-order valence-corrected chi connectivity index (χ2v) is 6.71. The number of aryl methyl sites for hydroxylation is 2. The molecule has 0 heterocycles. The van der Waals surface area contributed by atoms with Crippen molar-refractivity contribution >= 4 is 20.5 Å². The van der Waals surface area contributed by atoms with Gasteiger partial charge in [0.05, 0.1) is 4.90 Å². The highest BCUT2D eigenvalue weighted by Gasteiger charge is 2.06. The van der Waals surface area contributed by atoms with Crippen LogP contribution in [0.3, 0.4) is 0 Å². The monoisotopic (exact) mass is 362 g/mol. The summed E-state index contributed by atoms with van der Waals surface area (Å²) in [4.78, 5) is -0.0666. The zero-order chi connectivity index (χ0) is 18.1. The maximum atomic E-state index is 10.5. The van der Waals surface area contributed by atoms with Crippen molar-refractivity contribution in [2.75, 3.05) is 0 Å². The van der Waals surface area contributed by atoms with Crippen LogP contribution >= 0.6 is 0 Å². The molecule has 0 radical (unpaired) electrons. The van der Waals surface area contributed by atoms with Gasteiger partial charge in [0.25, 0.3) is 10.1 Å². The molecule has 9 heteroatoms. The summed E-state index contributed by atoms with van der Waals surface area (Å²) in [5, 5.41) is 0. The molecule has 0 unspecified atom stereocenters. The van der Waals surface area contributed by atoms with Gasteiger partial charge in [0.2, 0.25) is 0 Å². The molecule has 0 saturated carbocycles. The Morgan fingerprint density at radius 3 is 1.26 bits per heavy atom. The molecule has 2 rings (SSSR count). The van der Waals surface area contributed by atoms with Crippen molar-refractivity contribution in [1.29, 1.82) is 0 Å². The normalized spacial score (nSPS) is 10.7. The second-order valence-electron chi connectivity index (χ2n) is 4.39. The molecular weight excluding hydrogens is 344 g/mol. The zero-order valence-corrected chi connectivity index (χ0v) is 14.1. The third kappa shape index (κ3) is 13.6. The summed E-state index contributed by atoms with van der Waals surface area (Å²) in [6.45, 7) is 3.92. The van der Waals surface area contributed by atoms with Gasteiger partial charge < -0.3 is 0 Å². The molecule has 23 heavy (non-hydrogen) atoms. The molecule has 128 valence electrons. The van der Waals surface area contributed by atoms with Crippen LogP contribution in [0.5, 0.6) is 0 Å². The van der Waals surface area contributed by atoms with Crippen LogP contribution in [0.4, 0.5) is 0 Å². The minimum atomic E-state index is -4.67. The van der Waals surface area contributed by atoms with Crippen molar-refractivity contribution in [3.63, 3.8) is 0 Å². The predicted molar refractivity (Wildman–Crippen MR) is 86.4 cm³/mol. The van der Waals surface area contributed by atoms with E-state index in [0.717, 1.165) is 5.56 Å². The van der Waals surface area contributed by atoms with Gasteiger partial charge in [0.15, 0.2) is 0 Å². The van der Waals surface area contributed by atoms with Crippen LogP contribution in [-0.2, 0) is 20.5 Å². The van der Waals surface area contributed by atoms with Gasteiger partial charge in [-0.3, -0.25) is 13.7 Å². The number of hydrogen-bond acceptors (Lipinski definition) is 4. The van der Waals surface area contributed by atoms with E-state index < -0.39 is 20.5 Å². The Bertz CT molecular complexity index is 773. The first-order valence-electron chi connectivity index (χ1n) is 6.15. The lowest BCUT2D eigenvalue weighted by Gasteiger charge is -1.95. The maximum absolute atomic E-state index is 10.5. The Hall–Kier alpha value is -1.78. The molecule has 2 aromatic rings. The molecule has 7 nitrogen and oxygen atoms in total. The van der Waals surface area contributed by atoms with E-state index in [0.29, 0.717) is 0 Å². The fourth-order valence-electron chi connectivity index (χ4n) is 1.24. The van der Waals surface area contributed by atoms with Crippen molar-refractivity contribution in [2.24, 2.45) is 0 Å². The van der Waals surface area contributed by atoms with E-state index in [4.69, 9.17) is 22.1 Å². The molecular formula is C14H18O7S2. The summed E-state index contributed by atoms with van der Waals surface area (Å²) >= 11 is 0. The maximum Gasteiger partial charge on any atom is 0.394 e. The largest absolute Gasteiger partial charge is 0.394 e. The fraction of sp³-hybridized carbons (Fsp3) is 0.143. The van der Waals surface area contributed by atoms with Crippen molar-refractivity contribution in [3.05, 3.63) is 65.7 Å². The van der Waals surface area contributed by atoms with Crippen molar-refractivity contribution in [3.8, 4) is 0 Å². The standard InChI is InChI=1S/C7H8O3S.C7H8.H2O4S/c1-6-2-4-7(5-3-6)11(8,9)10;1-7-5-3-2-4-6-7;1-5(2,3)4/h2-5H,1H3,(H,8,9,10);2-6H,1H3;(H2,1,2,3,4). The Morgan fingerprint density at radius 1 is 0.652 bits per heavy atom. The zero-order valence-electron chi connectivity index (χ0n) is 12.5. The van der Waals surface area contributed by atoms with E-state index in [-0.39, 0.29) is 4.90 Å². The lowest BCUT2D eigenvalue weighted by molar-refractivity contribution is 0.381. The highest BCUT2D eigenvalue weighted by Crippen LogP contribution is 2.08. The SMILES string of the molecule is Cc1ccc(S(=O)(=O)O)cc1.Cc1ccccc1.O=S(=O)(O)O. The minimum Gasteiger partial charge on any atom is -0.282 e. The molecule has 3 N–H and O–H groups in total. The fourth-order valence-corrected chi connectivity index (χ4v) is 1.72. The van der Waals surface area contributed by atoms with Gasteiger partial charge in [0, 0.05) is 0 Å². The van der Waals surface area contributed by atoms with Crippen molar-refractivity contribution < 1.29 is 30.5 Å². The van der Waals surface area contributed by atoms with E-state index in [1.54, 1.807) is 12.1 Å². The van der Waals surface area contributed by atoms with Gasteiger partial charge in [-0.05, 0) is 26.0 Å². The van der Waals surface area contributed by atoms with Gasteiger partial charge in [-0.1, -0.05) is 53.6 Å². The first kappa shape index (κ1) is 21.2. The van der Waals surface area contributed by atoms with E-state index in [1.807, 2.05) is 25.1 Å². The molecule has 0 aliphatic heterocycles. The Morgan fingerprint density at radius 2 is 1.00 bits per heavy atom. The third-order valence-corrected chi connectivity index (χ3v) is 3.13. The number of benzene rings is 2. The third-order valence-electron chi connectivity index (χ3n) is 2.26. The summed E-state index contributed by atoms with van der Waals surface area (Å²) < 4.78 is 61.1. The Balaban J connectivity index is 0.000000347. The van der Waals surface area contributed by atoms with Gasteiger partial charge in [0.1, 0.15) is 0 Å². The van der Waals surface area contributed by atoms with Gasteiger partial charge in [-0.2, -0.15) is 16.8 Å². The lowest BCUT2D eigenvalue weighted by Crippen LogP contribution is -1.96. The van der Waals surface area contributed by atoms with Crippen LogP contribution in [0.2, 0.25) is 0 Å². The van der Waals surface area contributed by atoms with Crippen LogP contribution in [-0.4, -0.2) is 30.5 Å². The van der Waals surface area contributed by atoms with Crippen LogP contribution < -0.4 is 0 Å². The molecule has 0 aromatic heterocycles. The molecule has 0 saturated heterocycles. The first-order chi connectivity index (χ1) is 10.4. The predicted octanol–water partition coefficient (Wildman–Crippen LogP) is 2.58. The summed E-state index contributed by atoms with van der Waals surface area (Å²) in [5.41, 5.74) is 2.28. The van der Waals surface area contributed by atoms with E-state index in [1.165, 1.54) is 17.7 Å². The topological polar surface area (TPSA) is 129 Å². The summed E-state index contributed by atoms with van der Waals surface area (Å²) in [5.74, 6) is 0. The average Bonchev–Trinajstić information content (AvgIpc) is 2.38. The molecule has 0 aliphatic carbocycles. The summed E-state index contributed by atoms with van der Waals surface area (Å²) in [6.07, 6.45) is 0. The van der Waals surface area contributed by atoms with Crippen LogP contribution in [0.15, 0.2) is 59.5 Å². The molecule has 0 amide bonds. The van der Waals surface area contributed by atoms with Gasteiger partial charge in [-0.15, -0.1) is 0 Å². The van der Waals surface area contributed by atoms with Crippen LogP contribution in [0.1, 0.15) is 11.1 Å². The molecule has 0 bridgehead atoms. The number of rotatable bonds is 1. The molecule has 0 atom stereocenters. The highest BCUT2D eigenvalue weighted by molar-refractivity contribution is 7.85. The van der Waals surface area contributed by atoms with Crippen molar-refractivity contribution in [2.45, 2.75) is 18.7 Å². The van der Waals surface area contributed by atoms with E-state index in [2.05, 4.69) is 19.1 Å². The van der Waals surface area contributed by atoms with Crippen LogP contribution in [0, 0.1) is 13.8 Å². The summed E-state index contributed by atoms with van der Waals surface area (Å²) in [6, 6.07) is 16.2. The van der Waals surface area contributed by atoms with Crippen LogP contribution in [0.25, 0.3) is 0 Å². The molecule has 2 aromatic carbocycles. The van der Waals surface area contributed by atoms with E-state index in [9.17, 15) is 8.42 Å². The average molecular weight is 362 g/mol. The molecule has 0 fully saturated rings. The van der Waals surface area contributed by atoms with Gasteiger partial charge >= 0.3 is 10.4 Å².